The lowest BCUT2D eigenvalue weighted by atomic mass is 9.85. The van der Waals surface area contributed by atoms with E-state index in [2.05, 4.69) is 24.2 Å². The Morgan fingerprint density at radius 1 is 1.50 bits per heavy atom. The fraction of sp³-hybridized carbons (Fsp3) is 0.929. The highest BCUT2D eigenvalue weighted by atomic mass is 16.4. The van der Waals surface area contributed by atoms with E-state index in [-0.39, 0.29) is 0 Å². The topological polar surface area (TPSA) is 52.6 Å². The lowest BCUT2D eigenvalue weighted by Crippen LogP contribution is -2.51. The third-order valence-corrected chi connectivity index (χ3v) is 4.03. The largest absolute Gasteiger partial charge is 0.480 e. The van der Waals surface area contributed by atoms with Gasteiger partial charge in [0.05, 0.1) is 0 Å². The van der Waals surface area contributed by atoms with Crippen molar-refractivity contribution in [2.24, 2.45) is 5.92 Å². The monoisotopic (exact) mass is 256 g/mol. The lowest BCUT2D eigenvalue weighted by molar-refractivity contribution is -0.144. The molecule has 1 saturated carbocycles. The zero-order valence-corrected chi connectivity index (χ0v) is 12.0. The van der Waals surface area contributed by atoms with Crippen LogP contribution in [0.1, 0.15) is 46.0 Å². The smallest absolute Gasteiger partial charge is 0.323 e. The average molecular weight is 256 g/mol. The number of nitrogens with zero attached hydrogens (tertiary/aromatic N) is 1. The Labute approximate surface area is 111 Å². The molecule has 0 amide bonds. The molecule has 0 spiro atoms. The van der Waals surface area contributed by atoms with Crippen molar-refractivity contribution < 1.29 is 9.90 Å². The first-order chi connectivity index (χ1) is 8.48. The van der Waals surface area contributed by atoms with Crippen molar-refractivity contribution in [3.05, 3.63) is 0 Å². The van der Waals surface area contributed by atoms with Crippen LogP contribution in [-0.4, -0.2) is 48.2 Å². The van der Waals surface area contributed by atoms with Crippen LogP contribution in [0.15, 0.2) is 0 Å². The van der Waals surface area contributed by atoms with Gasteiger partial charge < -0.3 is 15.3 Å². The molecule has 4 nitrogen and oxygen atoms in total. The van der Waals surface area contributed by atoms with E-state index in [1.54, 1.807) is 6.92 Å². The van der Waals surface area contributed by atoms with Gasteiger partial charge in [-0.25, -0.2) is 0 Å². The van der Waals surface area contributed by atoms with E-state index < -0.39 is 11.5 Å². The first-order valence-electron chi connectivity index (χ1n) is 7.15. The van der Waals surface area contributed by atoms with Crippen LogP contribution < -0.4 is 5.32 Å². The van der Waals surface area contributed by atoms with E-state index in [0.29, 0.717) is 6.42 Å². The van der Waals surface area contributed by atoms with Gasteiger partial charge in [-0.3, -0.25) is 4.79 Å². The molecule has 0 heterocycles. The number of nitrogens with one attached hydrogen (secondary N) is 1. The van der Waals surface area contributed by atoms with Crippen LogP contribution in [-0.2, 0) is 4.79 Å². The third-order valence-electron chi connectivity index (χ3n) is 4.03. The van der Waals surface area contributed by atoms with Crippen LogP contribution in [0.2, 0.25) is 0 Å². The second-order valence-corrected chi connectivity index (χ2v) is 5.87. The molecule has 1 unspecified atom stereocenters. The standard InChI is InChI=1S/C14H28N2O2/c1-4-9-15-14(2,13(17)18)8-10-16(3)11-12-6-5-7-12/h12,15H,4-11H2,1-3H3,(H,17,18). The number of hydrogen-bond donors (Lipinski definition) is 2. The maximum atomic E-state index is 11.3. The molecular weight excluding hydrogens is 228 g/mol. The van der Waals surface area contributed by atoms with Gasteiger partial charge >= 0.3 is 5.97 Å². The minimum absolute atomic E-state index is 0.658. The molecule has 2 N–H and O–H groups in total. The summed E-state index contributed by atoms with van der Waals surface area (Å²) in [6, 6.07) is 0. The Balaban J connectivity index is 2.33. The summed E-state index contributed by atoms with van der Waals surface area (Å²) in [7, 11) is 2.10. The fourth-order valence-electron chi connectivity index (χ4n) is 2.29. The second kappa shape index (κ2) is 7.10. The van der Waals surface area contributed by atoms with Gasteiger partial charge in [-0.1, -0.05) is 13.3 Å². The van der Waals surface area contributed by atoms with Crippen molar-refractivity contribution in [2.75, 3.05) is 26.7 Å². The third kappa shape index (κ3) is 4.58. The van der Waals surface area contributed by atoms with Crippen LogP contribution >= 0.6 is 0 Å². The van der Waals surface area contributed by atoms with Gasteiger partial charge in [-0.05, 0) is 52.1 Å². The Hall–Kier alpha value is -0.610. The van der Waals surface area contributed by atoms with Crippen molar-refractivity contribution in [1.29, 1.82) is 0 Å². The molecule has 106 valence electrons. The van der Waals surface area contributed by atoms with Crippen molar-refractivity contribution in [3.63, 3.8) is 0 Å². The first-order valence-corrected chi connectivity index (χ1v) is 7.15. The predicted molar refractivity (Wildman–Crippen MR) is 73.8 cm³/mol. The molecule has 0 saturated heterocycles. The summed E-state index contributed by atoms with van der Waals surface area (Å²) >= 11 is 0. The molecule has 0 bridgehead atoms. The molecule has 1 fully saturated rings. The number of rotatable bonds is 9. The molecule has 0 aliphatic heterocycles. The molecule has 0 aromatic rings. The second-order valence-electron chi connectivity index (χ2n) is 5.87. The Bertz CT molecular complexity index is 267. The maximum absolute atomic E-state index is 11.3. The average Bonchev–Trinajstić information content (AvgIpc) is 2.28. The van der Waals surface area contributed by atoms with Crippen molar-refractivity contribution in [2.45, 2.75) is 51.5 Å². The summed E-state index contributed by atoms with van der Waals surface area (Å²) < 4.78 is 0. The normalized spacial score (nSPS) is 19.6. The number of hydrogen-bond acceptors (Lipinski definition) is 3. The molecule has 1 rings (SSSR count). The van der Waals surface area contributed by atoms with Crippen molar-refractivity contribution in [1.82, 2.24) is 10.2 Å². The summed E-state index contributed by atoms with van der Waals surface area (Å²) in [6.07, 6.45) is 5.67. The molecule has 1 atom stereocenters. The van der Waals surface area contributed by atoms with Gasteiger partial charge in [0.2, 0.25) is 0 Å². The van der Waals surface area contributed by atoms with Crippen LogP contribution in [0.25, 0.3) is 0 Å². The van der Waals surface area contributed by atoms with Crippen molar-refractivity contribution >= 4 is 5.97 Å². The molecule has 1 aliphatic carbocycles. The minimum atomic E-state index is -0.788. The number of carbonyl (C=O) groups is 1. The summed E-state index contributed by atoms with van der Waals surface area (Å²) in [4.78, 5) is 13.6. The van der Waals surface area contributed by atoms with Crippen LogP contribution in [0.5, 0.6) is 0 Å². The SMILES string of the molecule is CCCNC(C)(CCN(C)CC1CCC1)C(=O)O. The molecule has 0 radical (unpaired) electrons. The summed E-state index contributed by atoms with van der Waals surface area (Å²) in [5, 5.41) is 12.5. The van der Waals surface area contributed by atoms with E-state index >= 15 is 0 Å². The lowest BCUT2D eigenvalue weighted by Gasteiger charge is -2.32. The highest BCUT2D eigenvalue weighted by molar-refractivity contribution is 5.78. The van der Waals surface area contributed by atoms with E-state index in [9.17, 15) is 9.90 Å². The Kier molecular flexibility index (Phi) is 6.09. The van der Waals surface area contributed by atoms with Crippen molar-refractivity contribution in [3.8, 4) is 0 Å². The molecule has 0 aromatic heterocycles. The summed E-state index contributed by atoms with van der Waals surface area (Å²) in [6.45, 7) is 6.56. The van der Waals surface area contributed by atoms with Gasteiger partial charge in [0.25, 0.3) is 0 Å². The van der Waals surface area contributed by atoms with Crippen LogP contribution in [0, 0.1) is 5.92 Å². The molecule has 18 heavy (non-hydrogen) atoms. The summed E-state index contributed by atoms with van der Waals surface area (Å²) in [5.41, 5.74) is -0.788. The van der Waals surface area contributed by atoms with E-state index in [1.807, 2.05) is 0 Å². The molecular formula is C14H28N2O2. The highest BCUT2D eigenvalue weighted by Crippen LogP contribution is 2.26. The van der Waals surface area contributed by atoms with E-state index in [4.69, 9.17) is 0 Å². The van der Waals surface area contributed by atoms with Gasteiger partial charge in [0.1, 0.15) is 5.54 Å². The van der Waals surface area contributed by atoms with Crippen LogP contribution in [0.3, 0.4) is 0 Å². The van der Waals surface area contributed by atoms with Gasteiger partial charge in [0, 0.05) is 13.1 Å². The molecule has 0 aromatic carbocycles. The first kappa shape index (κ1) is 15.4. The highest BCUT2D eigenvalue weighted by Gasteiger charge is 2.32. The number of aliphatic carboxylic acids is 1. The zero-order chi connectivity index (χ0) is 13.6. The van der Waals surface area contributed by atoms with Crippen LogP contribution in [0.4, 0.5) is 0 Å². The Morgan fingerprint density at radius 2 is 2.17 bits per heavy atom. The fourth-order valence-corrected chi connectivity index (χ4v) is 2.29. The predicted octanol–water partition coefficient (Wildman–Crippen LogP) is 1.95. The van der Waals surface area contributed by atoms with Gasteiger partial charge in [0.15, 0.2) is 0 Å². The van der Waals surface area contributed by atoms with Gasteiger partial charge in [-0.15, -0.1) is 0 Å². The zero-order valence-electron chi connectivity index (χ0n) is 12.0. The van der Waals surface area contributed by atoms with E-state index in [1.165, 1.54) is 19.3 Å². The number of carboxylic acids is 1. The Morgan fingerprint density at radius 3 is 2.61 bits per heavy atom. The van der Waals surface area contributed by atoms with E-state index in [0.717, 1.165) is 32.0 Å². The number of carboxylic acid groups (broad SMARTS) is 1. The maximum Gasteiger partial charge on any atom is 0.323 e. The quantitative estimate of drug-likeness (QED) is 0.662. The molecule has 1 aliphatic rings. The van der Waals surface area contributed by atoms with Gasteiger partial charge in [-0.2, -0.15) is 0 Å². The molecule has 4 heteroatoms. The summed E-state index contributed by atoms with van der Waals surface area (Å²) in [5.74, 6) is 0.0997. The minimum Gasteiger partial charge on any atom is -0.480 e.